The molecular weight excluding hydrogens is 387 g/mol. The second-order valence-corrected chi connectivity index (χ2v) is 7.28. The van der Waals surface area contributed by atoms with Crippen LogP contribution in [0.5, 0.6) is 0 Å². The van der Waals surface area contributed by atoms with E-state index < -0.39 is 17.7 Å². The summed E-state index contributed by atoms with van der Waals surface area (Å²) in [5, 5.41) is 2.70. The summed E-state index contributed by atoms with van der Waals surface area (Å²) in [6.07, 6.45) is 1.85. The van der Waals surface area contributed by atoms with E-state index in [1.165, 1.54) is 29.8 Å². The minimum absolute atomic E-state index is 0.185. The smallest absolute Gasteiger partial charge is 0.309 e. The molecule has 2 aromatic rings. The van der Waals surface area contributed by atoms with Crippen LogP contribution in [0.15, 0.2) is 48.5 Å². The number of benzene rings is 2. The predicted molar refractivity (Wildman–Crippen MR) is 110 cm³/mol. The van der Waals surface area contributed by atoms with Crippen LogP contribution in [0.1, 0.15) is 35.7 Å². The SMILES string of the molecule is CCc1ccc(NC(=O)COC(=O)C2CCN(C(=O)c3ccc(F)cc3)CC2)cc1. The quantitative estimate of drug-likeness (QED) is 0.738. The molecule has 1 fully saturated rings. The number of hydrogen-bond donors (Lipinski definition) is 1. The number of ether oxygens (including phenoxy) is 1. The van der Waals surface area contributed by atoms with Crippen LogP contribution in [0.4, 0.5) is 10.1 Å². The number of amides is 2. The van der Waals surface area contributed by atoms with Crippen LogP contribution in [0.25, 0.3) is 0 Å². The molecule has 0 saturated carbocycles. The number of halogens is 1. The lowest BCUT2D eigenvalue weighted by Gasteiger charge is -2.31. The van der Waals surface area contributed by atoms with Gasteiger partial charge in [0.2, 0.25) is 0 Å². The van der Waals surface area contributed by atoms with Gasteiger partial charge in [-0.2, -0.15) is 0 Å². The Morgan fingerprint density at radius 3 is 2.27 bits per heavy atom. The predicted octanol–water partition coefficient (Wildman–Crippen LogP) is 3.42. The Bertz CT molecular complexity index is 888. The van der Waals surface area contributed by atoms with Gasteiger partial charge in [-0.25, -0.2) is 4.39 Å². The first kappa shape index (κ1) is 21.5. The largest absolute Gasteiger partial charge is 0.455 e. The summed E-state index contributed by atoms with van der Waals surface area (Å²) in [6, 6.07) is 12.9. The maximum Gasteiger partial charge on any atom is 0.309 e. The van der Waals surface area contributed by atoms with Crippen LogP contribution in [0.3, 0.4) is 0 Å². The molecule has 6 nitrogen and oxygen atoms in total. The van der Waals surface area contributed by atoms with Gasteiger partial charge >= 0.3 is 5.97 Å². The second-order valence-electron chi connectivity index (χ2n) is 7.28. The summed E-state index contributed by atoms with van der Waals surface area (Å²) in [5.74, 6) is -1.75. The zero-order valence-corrected chi connectivity index (χ0v) is 16.9. The van der Waals surface area contributed by atoms with Crippen molar-refractivity contribution in [3.63, 3.8) is 0 Å². The summed E-state index contributed by atoms with van der Waals surface area (Å²) in [7, 11) is 0. The Kier molecular flexibility index (Phi) is 7.17. The lowest BCUT2D eigenvalue weighted by molar-refractivity contribution is -0.152. The van der Waals surface area contributed by atoms with Gasteiger partial charge in [-0.3, -0.25) is 14.4 Å². The van der Waals surface area contributed by atoms with Crippen molar-refractivity contribution < 1.29 is 23.5 Å². The van der Waals surface area contributed by atoms with Gasteiger partial charge < -0.3 is 15.0 Å². The number of hydrogen-bond acceptors (Lipinski definition) is 4. The van der Waals surface area contributed by atoms with E-state index in [9.17, 15) is 18.8 Å². The Balaban J connectivity index is 1.41. The number of rotatable bonds is 6. The van der Waals surface area contributed by atoms with Crippen LogP contribution in [-0.4, -0.2) is 42.4 Å². The molecule has 1 saturated heterocycles. The van der Waals surface area contributed by atoms with Crippen molar-refractivity contribution in [3.8, 4) is 0 Å². The average molecular weight is 412 g/mol. The number of aryl methyl sites for hydroxylation is 1. The van der Waals surface area contributed by atoms with Crippen molar-refractivity contribution in [1.82, 2.24) is 4.90 Å². The second kappa shape index (κ2) is 10.0. The molecule has 0 aromatic heterocycles. The molecule has 0 bridgehead atoms. The number of likely N-dealkylation sites (tertiary alicyclic amines) is 1. The van der Waals surface area contributed by atoms with E-state index in [1.54, 1.807) is 4.90 Å². The van der Waals surface area contributed by atoms with E-state index in [2.05, 4.69) is 12.2 Å². The van der Waals surface area contributed by atoms with E-state index in [0.29, 0.717) is 37.2 Å². The molecule has 1 heterocycles. The zero-order chi connectivity index (χ0) is 21.5. The van der Waals surface area contributed by atoms with Gasteiger partial charge in [0, 0.05) is 24.3 Å². The van der Waals surface area contributed by atoms with Crippen molar-refractivity contribution in [1.29, 1.82) is 0 Å². The minimum atomic E-state index is -0.430. The monoisotopic (exact) mass is 412 g/mol. The third-order valence-electron chi connectivity index (χ3n) is 5.20. The lowest BCUT2D eigenvalue weighted by Crippen LogP contribution is -2.41. The highest BCUT2D eigenvalue weighted by atomic mass is 19.1. The number of piperidine rings is 1. The summed E-state index contributed by atoms with van der Waals surface area (Å²) >= 11 is 0. The maximum atomic E-state index is 13.0. The van der Waals surface area contributed by atoms with Gasteiger partial charge in [0.1, 0.15) is 5.82 Å². The van der Waals surface area contributed by atoms with Crippen LogP contribution in [0, 0.1) is 11.7 Å². The number of nitrogens with one attached hydrogen (secondary N) is 1. The molecule has 0 atom stereocenters. The summed E-state index contributed by atoms with van der Waals surface area (Å²) < 4.78 is 18.2. The Morgan fingerprint density at radius 2 is 1.67 bits per heavy atom. The lowest BCUT2D eigenvalue weighted by atomic mass is 9.96. The van der Waals surface area contributed by atoms with Crippen molar-refractivity contribution in [2.24, 2.45) is 5.92 Å². The van der Waals surface area contributed by atoms with Crippen molar-refractivity contribution in [2.75, 3.05) is 25.0 Å². The molecular formula is C23H25FN2O4. The number of nitrogens with zero attached hydrogens (tertiary/aromatic N) is 1. The molecule has 2 amide bonds. The van der Waals surface area contributed by atoms with E-state index in [4.69, 9.17) is 4.74 Å². The maximum absolute atomic E-state index is 13.0. The third kappa shape index (κ3) is 5.65. The minimum Gasteiger partial charge on any atom is -0.455 e. The Morgan fingerprint density at radius 1 is 1.03 bits per heavy atom. The van der Waals surface area contributed by atoms with Gasteiger partial charge in [0.15, 0.2) is 6.61 Å². The van der Waals surface area contributed by atoms with E-state index in [0.717, 1.165) is 6.42 Å². The fourth-order valence-electron chi connectivity index (χ4n) is 3.37. The molecule has 1 N–H and O–H groups in total. The Hall–Kier alpha value is -3.22. The highest BCUT2D eigenvalue weighted by Crippen LogP contribution is 2.20. The van der Waals surface area contributed by atoms with Crippen LogP contribution < -0.4 is 5.32 Å². The fourth-order valence-corrected chi connectivity index (χ4v) is 3.37. The fraction of sp³-hybridized carbons (Fsp3) is 0.348. The highest BCUT2D eigenvalue weighted by Gasteiger charge is 2.29. The van der Waals surface area contributed by atoms with Gasteiger partial charge in [0.25, 0.3) is 11.8 Å². The molecule has 0 radical (unpaired) electrons. The molecule has 30 heavy (non-hydrogen) atoms. The molecule has 1 aliphatic rings. The van der Waals surface area contributed by atoms with Crippen LogP contribution in [0.2, 0.25) is 0 Å². The van der Waals surface area contributed by atoms with Crippen molar-refractivity contribution >= 4 is 23.5 Å². The summed E-state index contributed by atoms with van der Waals surface area (Å²) in [6.45, 7) is 2.53. The first-order valence-electron chi connectivity index (χ1n) is 10.1. The summed E-state index contributed by atoms with van der Waals surface area (Å²) in [4.78, 5) is 38.4. The molecule has 7 heteroatoms. The highest BCUT2D eigenvalue weighted by molar-refractivity contribution is 5.94. The van der Waals surface area contributed by atoms with Gasteiger partial charge in [-0.1, -0.05) is 19.1 Å². The Labute approximate surface area is 175 Å². The van der Waals surface area contributed by atoms with Crippen molar-refractivity contribution in [2.45, 2.75) is 26.2 Å². The van der Waals surface area contributed by atoms with E-state index in [-0.39, 0.29) is 18.4 Å². The normalized spacial score (nSPS) is 14.3. The molecule has 3 rings (SSSR count). The van der Waals surface area contributed by atoms with E-state index in [1.807, 2.05) is 24.3 Å². The first-order valence-corrected chi connectivity index (χ1v) is 10.1. The molecule has 158 valence electrons. The van der Waals surface area contributed by atoms with Gasteiger partial charge in [0.05, 0.1) is 5.92 Å². The topological polar surface area (TPSA) is 75.7 Å². The molecule has 0 aliphatic carbocycles. The van der Waals surface area contributed by atoms with Gasteiger partial charge in [-0.15, -0.1) is 0 Å². The third-order valence-corrected chi connectivity index (χ3v) is 5.20. The van der Waals surface area contributed by atoms with Crippen molar-refractivity contribution in [3.05, 3.63) is 65.5 Å². The zero-order valence-electron chi connectivity index (χ0n) is 16.9. The van der Waals surface area contributed by atoms with Crippen LogP contribution in [-0.2, 0) is 20.7 Å². The number of carbonyl (C=O) groups is 3. The van der Waals surface area contributed by atoms with Gasteiger partial charge in [-0.05, 0) is 61.2 Å². The standard InChI is InChI=1S/C23H25FN2O4/c1-2-16-3-9-20(10-4-16)25-21(27)15-30-23(29)18-11-13-26(14-12-18)22(28)17-5-7-19(24)8-6-17/h3-10,18H,2,11-15H2,1H3,(H,25,27). The number of anilines is 1. The molecule has 2 aromatic carbocycles. The molecule has 0 unspecified atom stereocenters. The number of carbonyl (C=O) groups excluding carboxylic acids is 3. The summed E-state index contributed by atoms with van der Waals surface area (Å²) in [5.41, 5.74) is 2.24. The van der Waals surface area contributed by atoms with Crippen LogP contribution >= 0.6 is 0 Å². The molecule has 0 spiro atoms. The first-order chi connectivity index (χ1) is 14.5. The average Bonchev–Trinajstić information content (AvgIpc) is 2.78. The van der Waals surface area contributed by atoms with E-state index >= 15 is 0 Å². The molecule has 1 aliphatic heterocycles. The number of esters is 1.